The summed E-state index contributed by atoms with van der Waals surface area (Å²) in [6.07, 6.45) is 0. The van der Waals surface area contributed by atoms with Crippen molar-refractivity contribution in [1.29, 1.82) is 0 Å². The lowest BCUT2D eigenvalue weighted by molar-refractivity contribution is 0.205. The highest BCUT2D eigenvalue weighted by Crippen LogP contribution is 2.28. The van der Waals surface area contributed by atoms with Gasteiger partial charge in [0.05, 0.1) is 19.4 Å². The van der Waals surface area contributed by atoms with Crippen molar-refractivity contribution in [3.8, 4) is 17.1 Å². The van der Waals surface area contributed by atoms with Crippen LogP contribution >= 0.6 is 15.9 Å². The lowest BCUT2D eigenvalue weighted by Gasteiger charge is -2.25. The Hall–Kier alpha value is -2.97. The van der Waals surface area contributed by atoms with E-state index in [9.17, 15) is 0 Å². The van der Waals surface area contributed by atoms with E-state index in [1.165, 1.54) is 0 Å². The number of aryl methyl sites for hydroxylation is 2. The molecule has 0 aliphatic heterocycles. The van der Waals surface area contributed by atoms with Crippen molar-refractivity contribution in [2.75, 3.05) is 32.3 Å². The second-order valence-corrected chi connectivity index (χ2v) is 8.45. The van der Waals surface area contributed by atoms with Crippen LogP contribution in [0, 0.1) is 13.8 Å². The predicted molar refractivity (Wildman–Crippen MR) is 129 cm³/mol. The summed E-state index contributed by atoms with van der Waals surface area (Å²) >= 11 is 3.50. The Balaban J connectivity index is 1.83. The fourth-order valence-electron chi connectivity index (χ4n) is 3.66. The number of anilines is 1. The molecule has 7 nitrogen and oxygen atoms in total. The molecule has 4 aromatic rings. The fraction of sp³-hybridized carbons (Fsp3) is 0.292. The predicted octanol–water partition coefficient (Wildman–Crippen LogP) is 4.83. The zero-order chi connectivity index (χ0) is 22.7. The number of ether oxygens (including phenoxy) is 2. The summed E-state index contributed by atoms with van der Waals surface area (Å²) in [4.78, 5) is 11.9. The molecule has 0 saturated heterocycles. The Morgan fingerprint density at radius 2 is 1.69 bits per heavy atom. The standard InChI is InChI=1S/C24H26BrN5O2/c1-16-22-24(29(13-14-31-3)15-18-5-11-21(32-4)12-6-18)27-23(28-30(22)17(2)26-16)19-7-9-20(25)10-8-19/h5-12H,13-15H2,1-4H3. The number of halogens is 1. The van der Waals surface area contributed by atoms with Crippen molar-refractivity contribution in [3.63, 3.8) is 0 Å². The van der Waals surface area contributed by atoms with E-state index < -0.39 is 0 Å². The minimum absolute atomic E-state index is 0.575. The van der Waals surface area contributed by atoms with Crippen LogP contribution in [0.4, 0.5) is 5.82 Å². The minimum atomic E-state index is 0.575. The summed E-state index contributed by atoms with van der Waals surface area (Å²) in [6.45, 7) is 5.88. The van der Waals surface area contributed by atoms with E-state index in [2.05, 4.69) is 37.9 Å². The summed E-state index contributed by atoms with van der Waals surface area (Å²) in [5.41, 5.74) is 3.90. The van der Waals surface area contributed by atoms with Crippen LogP contribution in [0.3, 0.4) is 0 Å². The molecule has 32 heavy (non-hydrogen) atoms. The van der Waals surface area contributed by atoms with Gasteiger partial charge in [0.1, 0.15) is 17.1 Å². The van der Waals surface area contributed by atoms with Crippen LogP contribution in [0.15, 0.2) is 53.0 Å². The van der Waals surface area contributed by atoms with Crippen molar-refractivity contribution in [2.24, 2.45) is 0 Å². The number of fused-ring (bicyclic) bond motifs is 1. The second-order valence-electron chi connectivity index (χ2n) is 7.53. The van der Waals surface area contributed by atoms with E-state index in [0.29, 0.717) is 25.5 Å². The van der Waals surface area contributed by atoms with Gasteiger partial charge in [0.2, 0.25) is 0 Å². The van der Waals surface area contributed by atoms with Crippen LogP contribution in [0.25, 0.3) is 16.9 Å². The average molecular weight is 496 g/mol. The molecule has 0 amide bonds. The normalized spacial score (nSPS) is 11.2. The van der Waals surface area contributed by atoms with E-state index in [0.717, 1.165) is 44.2 Å². The van der Waals surface area contributed by atoms with Gasteiger partial charge in [-0.1, -0.05) is 40.2 Å². The molecule has 4 rings (SSSR count). The molecule has 0 saturated carbocycles. The summed E-state index contributed by atoms with van der Waals surface area (Å²) in [5.74, 6) is 3.15. The lowest BCUT2D eigenvalue weighted by Crippen LogP contribution is -2.28. The number of rotatable bonds is 8. The molecule has 0 aliphatic carbocycles. The van der Waals surface area contributed by atoms with E-state index >= 15 is 0 Å². The molecular formula is C24H26BrN5O2. The van der Waals surface area contributed by atoms with Gasteiger partial charge in [0, 0.05) is 30.2 Å². The van der Waals surface area contributed by atoms with Gasteiger partial charge in [0.15, 0.2) is 11.6 Å². The first-order valence-electron chi connectivity index (χ1n) is 10.4. The first-order chi connectivity index (χ1) is 15.5. The minimum Gasteiger partial charge on any atom is -0.497 e. The zero-order valence-corrected chi connectivity index (χ0v) is 20.3. The van der Waals surface area contributed by atoms with Crippen LogP contribution < -0.4 is 9.64 Å². The van der Waals surface area contributed by atoms with Crippen molar-refractivity contribution < 1.29 is 9.47 Å². The Morgan fingerprint density at radius 3 is 2.34 bits per heavy atom. The molecule has 0 atom stereocenters. The molecular weight excluding hydrogens is 470 g/mol. The Morgan fingerprint density at radius 1 is 0.969 bits per heavy atom. The van der Waals surface area contributed by atoms with Crippen LogP contribution in [-0.2, 0) is 11.3 Å². The molecule has 2 aromatic carbocycles. The highest BCUT2D eigenvalue weighted by atomic mass is 79.9. The molecule has 0 spiro atoms. The summed E-state index contributed by atoms with van der Waals surface area (Å²) in [7, 11) is 3.38. The second kappa shape index (κ2) is 9.67. The van der Waals surface area contributed by atoms with Gasteiger partial charge in [-0.05, 0) is 43.7 Å². The number of nitrogens with zero attached hydrogens (tertiary/aromatic N) is 5. The van der Waals surface area contributed by atoms with Gasteiger partial charge in [-0.2, -0.15) is 0 Å². The highest BCUT2D eigenvalue weighted by molar-refractivity contribution is 9.10. The Labute approximate surface area is 196 Å². The number of imidazole rings is 1. The summed E-state index contributed by atoms with van der Waals surface area (Å²) in [5, 5.41) is 4.80. The number of methoxy groups -OCH3 is 2. The van der Waals surface area contributed by atoms with Gasteiger partial charge < -0.3 is 14.4 Å². The van der Waals surface area contributed by atoms with Gasteiger partial charge >= 0.3 is 0 Å². The quantitative estimate of drug-likeness (QED) is 0.348. The molecule has 2 aromatic heterocycles. The van der Waals surface area contributed by atoms with E-state index in [1.54, 1.807) is 14.2 Å². The van der Waals surface area contributed by atoms with Crippen molar-refractivity contribution in [3.05, 3.63) is 70.1 Å². The molecule has 0 aliphatic rings. The monoisotopic (exact) mass is 495 g/mol. The third-order valence-corrected chi connectivity index (χ3v) is 5.84. The maximum atomic E-state index is 5.41. The maximum Gasteiger partial charge on any atom is 0.182 e. The number of hydrogen-bond donors (Lipinski definition) is 0. The number of hydrogen-bond acceptors (Lipinski definition) is 6. The van der Waals surface area contributed by atoms with Crippen LogP contribution in [-0.4, -0.2) is 47.0 Å². The van der Waals surface area contributed by atoms with Crippen molar-refractivity contribution >= 4 is 27.3 Å². The SMILES string of the molecule is COCCN(Cc1ccc(OC)cc1)c1nc(-c2ccc(Br)cc2)nn2c(C)nc(C)c12. The molecule has 166 valence electrons. The van der Waals surface area contributed by atoms with Gasteiger partial charge in [-0.3, -0.25) is 0 Å². The third kappa shape index (κ3) is 4.61. The van der Waals surface area contributed by atoms with Crippen LogP contribution in [0.2, 0.25) is 0 Å². The third-order valence-electron chi connectivity index (χ3n) is 5.31. The summed E-state index contributed by atoms with van der Waals surface area (Å²) < 4.78 is 13.6. The molecule has 2 heterocycles. The molecule has 0 fully saturated rings. The van der Waals surface area contributed by atoms with Gasteiger partial charge in [-0.25, -0.2) is 14.5 Å². The van der Waals surface area contributed by atoms with E-state index in [4.69, 9.17) is 19.6 Å². The van der Waals surface area contributed by atoms with Gasteiger partial charge in [0.25, 0.3) is 0 Å². The molecule has 0 radical (unpaired) electrons. The molecule has 0 unspecified atom stereocenters. The number of aromatic nitrogens is 4. The Kier molecular flexibility index (Phi) is 6.72. The van der Waals surface area contributed by atoms with Crippen LogP contribution in [0.5, 0.6) is 5.75 Å². The van der Waals surface area contributed by atoms with Crippen LogP contribution in [0.1, 0.15) is 17.1 Å². The van der Waals surface area contributed by atoms with E-state index in [1.807, 2.05) is 54.8 Å². The largest absolute Gasteiger partial charge is 0.497 e. The van der Waals surface area contributed by atoms with Crippen molar-refractivity contribution in [1.82, 2.24) is 19.6 Å². The lowest BCUT2D eigenvalue weighted by atomic mass is 10.2. The zero-order valence-electron chi connectivity index (χ0n) is 18.7. The smallest absolute Gasteiger partial charge is 0.182 e. The van der Waals surface area contributed by atoms with E-state index in [-0.39, 0.29) is 0 Å². The van der Waals surface area contributed by atoms with Gasteiger partial charge in [-0.15, -0.1) is 5.10 Å². The molecule has 8 heteroatoms. The van der Waals surface area contributed by atoms with Crippen molar-refractivity contribution in [2.45, 2.75) is 20.4 Å². The summed E-state index contributed by atoms with van der Waals surface area (Å²) in [6, 6.07) is 16.1. The average Bonchev–Trinajstić information content (AvgIpc) is 3.10. The number of benzene rings is 2. The molecule has 0 N–H and O–H groups in total. The molecule has 0 bridgehead atoms. The Bertz CT molecular complexity index is 1210. The first-order valence-corrected chi connectivity index (χ1v) is 11.2. The highest BCUT2D eigenvalue weighted by Gasteiger charge is 2.20. The fourth-order valence-corrected chi connectivity index (χ4v) is 3.93. The maximum absolute atomic E-state index is 5.41. The first kappa shape index (κ1) is 22.2. The topological polar surface area (TPSA) is 64.8 Å².